The first-order valence-electron chi connectivity index (χ1n) is 9.13. The number of amides is 1. The summed E-state index contributed by atoms with van der Waals surface area (Å²) in [5, 5.41) is 3.27. The van der Waals surface area contributed by atoms with Gasteiger partial charge < -0.3 is 10.2 Å². The maximum atomic E-state index is 12.7. The molecule has 1 N–H and O–H groups in total. The molecule has 1 fully saturated rings. The van der Waals surface area contributed by atoms with Crippen LogP contribution in [-0.4, -0.2) is 33.9 Å². The number of carbonyl (C=O) groups excluding carboxylic acids is 1. The topological polar surface area (TPSA) is 58.1 Å². The minimum atomic E-state index is 0.00416. The molecule has 0 bridgehead atoms. The Morgan fingerprint density at radius 2 is 1.80 bits per heavy atom. The molecule has 0 radical (unpaired) electrons. The Hall–Kier alpha value is -2.43. The lowest BCUT2D eigenvalue weighted by atomic mass is 10.0. The SMILES string of the molecule is CC(C)c1ccccc1Nc1nccc(C(=O)N2CCCCCC2)n1. The van der Waals surface area contributed by atoms with Crippen LogP contribution in [0.1, 0.15) is 61.5 Å². The number of hydrogen-bond donors (Lipinski definition) is 1. The van der Waals surface area contributed by atoms with E-state index in [1.54, 1.807) is 12.3 Å². The number of rotatable bonds is 4. The molecule has 1 amide bonds. The third-order valence-corrected chi connectivity index (χ3v) is 4.60. The van der Waals surface area contributed by atoms with E-state index in [2.05, 4.69) is 35.2 Å². The number of hydrogen-bond acceptors (Lipinski definition) is 4. The molecular weight excluding hydrogens is 312 g/mol. The van der Waals surface area contributed by atoms with Crippen LogP contribution >= 0.6 is 0 Å². The van der Waals surface area contributed by atoms with Crippen molar-refractivity contribution >= 4 is 17.5 Å². The molecule has 2 heterocycles. The van der Waals surface area contributed by atoms with Crippen LogP contribution < -0.4 is 5.32 Å². The summed E-state index contributed by atoms with van der Waals surface area (Å²) in [4.78, 5) is 23.4. The van der Waals surface area contributed by atoms with Gasteiger partial charge in [0.25, 0.3) is 5.91 Å². The summed E-state index contributed by atoms with van der Waals surface area (Å²) in [7, 11) is 0. The van der Waals surface area contributed by atoms with Crippen molar-refractivity contribution in [2.24, 2.45) is 0 Å². The standard InChI is InChI=1S/C20H26N4O/c1-15(2)16-9-5-6-10-17(16)22-20-21-12-11-18(23-20)19(25)24-13-7-3-4-8-14-24/h5-6,9-12,15H,3-4,7-8,13-14H2,1-2H3,(H,21,22,23). The van der Waals surface area contributed by atoms with Gasteiger partial charge in [-0.2, -0.15) is 0 Å². The van der Waals surface area contributed by atoms with Crippen LogP contribution in [0.3, 0.4) is 0 Å². The second-order valence-corrected chi connectivity index (χ2v) is 6.84. The molecule has 25 heavy (non-hydrogen) atoms. The summed E-state index contributed by atoms with van der Waals surface area (Å²) in [6.45, 7) is 5.95. The van der Waals surface area contributed by atoms with Gasteiger partial charge in [-0.15, -0.1) is 0 Å². The van der Waals surface area contributed by atoms with Crippen molar-refractivity contribution in [2.45, 2.75) is 45.4 Å². The Morgan fingerprint density at radius 1 is 1.08 bits per heavy atom. The summed E-state index contributed by atoms with van der Waals surface area (Å²) in [6.07, 6.45) is 6.20. The van der Waals surface area contributed by atoms with Gasteiger partial charge in [0.15, 0.2) is 0 Å². The third kappa shape index (κ3) is 4.35. The first-order chi connectivity index (χ1) is 12.1. The third-order valence-electron chi connectivity index (χ3n) is 4.60. The lowest BCUT2D eigenvalue weighted by Crippen LogP contribution is -2.32. The number of benzene rings is 1. The van der Waals surface area contributed by atoms with Crippen LogP contribution in [-0.2, 0) is 0 Å². The molecule has 132 valence electrons. The zero-order valence-corrected chi connectivity index (χ0v) is 15.0. The molecule has 0 atom stereocenters. The minimum absolute atomic E-state index is 0.00416. The fourth-order valence-electron chi connectivity index (χ4n) is 3.21. The van der Waals surface area contributed by atoms with Gasteiger partial charge in [0.05, 0.1) is 0 Å². The van der Waals surface area contributed by atoms with Gasteiger partial charge in [0.2, 0.25) is 5.95 Å². The van der Waals surface area contributed by atoms with Crippen LogP contribution in [0.5, 0.6) is 0 Å². The van der Waals surface area contributed by atoms with Gasteiger partial charge in [-0.25, -0.2) is 9.97 Å². The zero-order valence-electron chi connectivity index (χ0n) is 15.0. The highest BCUT2D eigenvalue weighted by Crippen LogP contribution is 2.25. The lowest BCUT2D eigenvalue weighted by molar-refractivity contribution is 0.0755. The van der Waals surface area contributed by atoms with Crippen LogP contribution in [0.25, 0.3) is 0 Å². The Balaban J connectivity index is 1.79. The van der Waals surface area contributed by atoms with Crippen molar-refractivity contribution in [1.29, 1.82) is 0 Å². The maximum Gasteiger partial charge on any atom is 0.272 e. The minimum Gasteiger partial charge on any atom is -0.337 e. The molecule has 1 aromatic carbocycles. The molecule has 5 heteroatoms. The molecule has 2 aromatic rings. The molecule has 0 spiro atoms. The van der Waals surface area contributed by atoms with E-state index in [9.17, 15) is 4.79 Å². The highest BCUT2D eigenvalue weighted by Gasteiger charge is 2.19. The van der Waals surface area contributed by atoms with E-state index in [0.717, 1.165) is 31.6 Å². The second-order valence-electron chi connectivity index (χ2n) is 6.84. The highest BCUT2D eigenvalue weighted by molar-refractivity contribution is 5.92. The fourth-order valence-corrected chi connectivity index (χ4v) is 3.21. The van der Waals surface area contributed by atoms with Gasteiger partial charge in [-0.3, -0.25) is 4.79 Å². The van der Waals surface area contributed by atoms with Crippen LogP contribution in [0, 0.1) is 0 Å². The molecule has 1 saturated heterocycles. The molecule has 1 aromatic heterocycles. The number of carbonyl (C=O) groups is 1. The summed E-state index contributed by atoms with van der Waals surface area (Å²) < 4.78 is 0. The van der Waals surface area contributed by atoms with Gasteiger partial charge in [-0.05, 0) is 36.5 Å². The normalized spacial score (nSPS) is 15.1. The molecule has 0 unspecified atom stereocenters. The van der Waals surface area contributed by atoms with Crippen molar-refractivity contribution in [3.8, 4) is 0 Å². The Bertz CT molecular complexity index is 721. The fraction of sp³-hybridized carbons (Fsp3) is 0.450. The summed E-state index contributed by atoms with van der Waals surface area (Å²) >= 11 is 0. The second kappa shape index (κ2) is 8.10. The van der Waals surface area contributed by atoms with E-state index in [1.807, 2.05) is 23.1 Å². The average Bonchev–Trinajstić information content (AvgIpc) is 2.91. The summed E-state index contributed by atoms with van der Waals surface area (Å²) in [6, 6.07) is 9.83. The number of nitrogens with zero attached hydrogens (tertiary/aromatic N) is 3. The number of nitrogens with one attached hydrogen (secondary N) is 1. The van der Waals surface area contributed by atoms with Crippen LogP contribution in [0.2, 0.25) is 0 Å². The lowest BCUT2D eigenvalue weighted by Gasteiger charge is -2.20. The summed E-state index contributed by atoms with van der Waals surface area (Å²) in [5.41, 5.74) is 2.65. The van der Waals surface area contributed by atoms with E-state index in [1.165, 1.54) is 18.4 Å². The predicted octanol–water partition coefficient (Wildman–Crippen LogP) is 4.36. The molecule has 1 aliphatic rings. The van der Waals surface area contributed by atoms with E-state index >= 15 is 0 Å². The maximum absolute atomic E-state index is 12.7. The van der Waals surface area contributed by atoms with Crippen LogP contribution in [0.15, 0.2) is 36.5 Å². The molecule has 1 aliphatic heterocycles. The Labute approximate surface area is 149 Å². The van der Waals surface area contributed by atoms with Gasteiger partial charge in [-0.1, -0.05) is 44.9 Å². The number of anilines is 2. The number of likely N-dealkylation sites (tertiary alicyclic amines) is 1. The molecule has 0 saturated carbocycles. The van der Waals surface area contributed by atoms with Gasteiger partial charge in [0.1, 0.15) is 5.69 Å². The van der Waals surface area contributed by atoms with Crippen molar-refractivity contribution in [2.75, 3.05) is 18.4 Å². The number of para-hydroxylation sites is 1. The van der Waals surface area contributed by atoms with Crippen molar-refractivity contribution in [1.82, 2.24) is 14.9 Å². The number of aromatic nitrogens is 2. The van der Waals surface area contributed by atoms with E-state index < -0.39 is 0 Å². The molecular formula is C20H26N4O. The van der Waals surface area contributed by atoms with Crippen molar-refractivity contribution in [3.63, 3.8) is 0 Å². The molecule has 5 nitrogen and oxygen atoms in total. The van der Waals surface area contributed by atoms with Gasteiger partial charge in [0, 0.05) is 25.0 Å². The first-order valence-corrected chi connectivity index (χ1v) is 9.13. The summed E-state index contributed by atoms with van der Waals surface area (Å²) in [5.74, 6) is 0.865. The van der Waals surface area contributed by atoms with Crippen molar-refractivity contribution < 1.29 is 4.79 Å². The van der Waals surface area contributed by atoms with E-state index in [4.69, 9.17) is 0 Å². The Morgan fingerprint density at radius 3 is 2.52 bits per heavy atom. The quantitative estimate of drug-likeness (QED) is 0.900. The van der Waals surface area contributed by atoms with Gasteiger partial charge >= 0.3 is 0 Å². The Kier molecular flexibility index (Phi) is 5.64. The molecule has 3 rings (SSSR count). The monoisotopic (exact) mass is 338 g/mol. The van der Waals surface area contributed by atoms with E-state index in [0.29, 0.717) is 17.6 Å². The smallest absolute Gasteiger partial charge is 0.272 e. The van der Waals surface area contributed by atoms with Crippen LogP contribution in [0.4, 0.5) is 11.6 Å². The molecule has 0 aliphatic carbocycles. The van der Waals surface area contributed by atoms with E-state index in [-0.39, 0.29) is 5.91 Å². The first kappa shape index (κ1) is 17.4. The largest absolute Gasteiger partial charge is 0.337 e. The zero-order chi connectivity index (χ0) is 17.6. The average molecular weight is 338 g/mol. The predicted molar refractivity (Wildman–Crippen MR) is 100 cm³/mol. The highest BCUT2D eigenvalue weighted by atomic mass is 16.2. The van der Waals surface area contributed by atoms with Crippen molar-refractivity contribution in [3.05, 3.63) is 47.8 Å².